The highest BCUT2D eigenvalue weighted by Gasteiger charge is 2.22. The van der Waals surface area contributed by atoms with E-state index >= 15 is 0 Å². The molecule has 0 radical (unpaired) electrons. The minimum Gasteiger partial charge on any atom is -0.379 e. The van der Waals surface area contributed by atoms with Crippen molar-refractivity contribution in [3.05, 3.63) is 27.2 Å². The van der Waals surface area contributed by atoms with Crippen molar-refractivity contribution in [2.45, 2.75) is 23.8 Å². The van der Waals surface area contributed by atoms with Gasteiger partial charge in [-0.05, 0) is 40.9 Å². The molecule has 1 atom stereocenters. The van der Waals surface area contributed by atoms with Crippen molar-refractivity contribution in [2.75, 3.05) is 13.2 Å². The number of halogens is 3. The third kappa shape index (κ3) is 4.32. The second-order valence-electron chi connectivity index (χ2n) is 4.60. The molecular weight excluding hydrogens is 405 g/mol. The Morgan fingerprint density at radius 3 is 2.71 bits per heavy atom. The van der Waals surface area contributed by atoms with Crippen molar-refractivity contribution in [1.29, 1.82) is 0 Å². The molecule has 1 aromatic rings. The summed E-state index contributed by atoms with van der Waals surface area (Å²) in [7, 11) is 1.33. The molecule has 116 valence electrons. The van der Waals surface area contributed by atoms with Crippen molar-refractivity contribution >= 4 is 53.2 Å². The Labute approximate surface area is 140 Å². The Balaban J connectivity index is 2.27. The summed E-state index contributed by atoms with van der Waals surface area (Å²) in [5.74, 6) is -0.415. The normalized spacial score (nSPS) is 19.3. The van der Waals surface area contributed by atoms with Crippen LogP contribution in [0.25, 0.3) is 0 Å². The predicted octanol–water partition coefficient (Wildman–Crippen LogP) is 2.94. The van der Waals surface area contributed by atoms with Gasteiger partial charge in [0.1, 0.15) is 0 Å². The van der Waals surface area contributed by atoms with Crippen molar-refractivity contribution < 1.29 is 17.9 Å². The molecule has 1 heterocycles. The van der Waals surface area contributed by atoms with Crippen LogP contribution in [-0.4, -0.2) is 33.6 Å². The zero-order valence-electron chi connectivity index (χ0n) is 10.7. The number of hydrogen-bond donors (Lipinski definition) is 1. The van der Waals surface area contributed by atoms with Gasteiger partial charge in [0.2, 0.25) is 0 Å². The molecule has 1 amide bonds. The fourth-order valence-electron chi connectivity index (χ4n) is 2.00. The maximum Gasteiger partial charge on any atom is 0.262 e. The fourth-order valence-corrected chi connectivity index (χ4v) is 4.38. The van der Waals surface area contributed by atoms with Crippen molar-refractivity contribution in [3.8, 4) is 0 Å². The Hall–Kier alpha value is -0.340. The molecule has 2 rings (SSSR count). The summed E-state index contributed by atoms with van der Waals surface area (Å²) in [6, 6.07) is 2.48. The summed E-state index contributed by atoms with van der Waals surface area (Å²) in [6.07, 6.45) is 1.68. The first-order chi connectivity index (χ1) is 9.79. The number of carbonyl (C=O) groups excluding carboxylic acids is 1. The molecular formula is C12H12BrCl2NO4S. The summed E-state index contributed by atoms with van der Waals surface area (Å²) in [6.45, 7) is 1.13. The zero-order valence-corrected chi connectivity index (χ0v) is 14.6. The average molecular weight is 417 g/mol. The SMILES string of the molecule is O=C(NC1CCCOC1)c1cc(Cl)c(Br)c(S(=O)(=O)Cl)c1. The topological polar surface area (TPSA) is 72.5 Å². The third-order valence-electron chi connectivity index (χ3n) is 3.02. The molecule has 1 aliphatic heterocycles. The largest absolute Gasteiger partial charge is 0.379 e. The smallest absolute Gasteiger partial charge is 0.262 e. The van der Waals surface area contributed by atoms with Gasteiger partial charge in [-0.15, -0.1) is 0 Å². The molecule has 0 aliphatic carbocycles. The summed E-state index contributed by atoms with van der Waals surface area (Å²) in [5.41, 5.74) is 0.132. The van der Waals surface area contributed by atoms with Crippen LogP contribution >= 0.6 is 38.2 Å². The number of nitrogens with one attached hydrogen (secondary N) is 1. The molecule has 0 saturated carbocycles. The molecule has 21 heavy (non-hydrogen) atoms. The minimum atomic E-state index is -4.01. The first-order valence-corrected chi connectivity index (χ1v) is 9.59. The molecule has 1 unspecified atom stereocenters. The molecule has 1 aromatic carbocycles. The summed E-state index contributed by atoms with van der Waals surface area (Å²) in [5, 5.41) is 2.88. The van der Waals surface area contributed by atoms with Crippen molar-refractivity contribution in [2.24, 2.45) is 0 Å². The monoisotopic (exact) mass is 415 g/mol. The van der Waals surface area contributed by atoms with Gasteiger partial charge in [-0.2, -0.15) is 0 Å². The van der Waals surface area contributed by atoms with Gasteiger partial charge in [0, 0.05) is 22.9 Å². The van der Waals surface area contributed by atoms with E-state index < -0.39 is 15.0 Å². The van der Waals surface area contributed by atoms with E-state index in [0.717, 1.165) is 12.8 Å². The molecule has 9 heteroatoms. The van der Waals surface area contributed by atoms with Gasteiger partial charge in [-0.1, -0.05) is 11.6 Å². The van der Waals surface area contributed by atoms with Crippen LogP contribution in [0.5, 0.6) is 0 Å². The fraction of sp³-hybridized carbons (Fsp3) is 0.417. The number of benzene rings is 1. The van der Waals surface area contributed by atoms with Crippen LogP contribution in [0.1, 0.15) is 23.2 Å². The first kappa shape index (κ1) is 17.0. The molecule has 0 spiro atoms. The maximum atomic E-state index is 12.2. The lowest BCUT2D eigenvalue weighted by Crippen LogP contribution is -2.40. The van der Waals surface area contributed by atoms with E-state index in [2.05, 4.69) is 21.2 Å². The number of amides is 1. The van der Waals surface area contributed by atoms with Crippen LogP contribution in [0.2, 0.25) is 5.02 Å². The lowest BCUT2D eigenvalue weighted by Gasteiger charge is -2.23. The highest BCUT2D eigenvalue weighted by atomic mass is 79.9. The van der Waals surface area contributed by atoms with Gasteiger partial charge < -0.3 is 10.1 Å². The minimum absolute atomic E-state index is 0.0928. The Morgan fingerprint density at radius 2 is 2.14 bits per heavy atom. The summed E-state index contributed by atoms with van der Waals surface area (Å²) >= 11 is 8.99. The van der Waals surface area contributed by atoms with E-state index in [0.29, 0.717) is 13.2 Å². The van der Waals surface area contributed by atoms with E-state index in [1.54, 1.807) is 0 Å². The molecule has 1 N–H and O–H groups in total. The predicted molar refractivity (Wildman–Crippen MR) is 83.5 cm³/mol. The lowest BCUT2D eigenvalue weighted by molar-refractivity contribution is 0.0624. The van der Waals surface area contributed by atoms with Gasteiger partial charge in [0.15, 0.2) is 0 Å². The first-order valence-electron chi connectivity index (χ1n) is 6.11. The molecule has 5 nitrogen and oxygen atoms in total. The number of carbonyl (C=O) groups is 1. The second-order valence-corrected chi connectivity index (χ2v) is 8.33. The van der Waals surface area contributed by atoms with E-state index in [4.69, 9.17) is 27.0 Å². The van der Waals surface area contributed by atoms with Gasteiger partial charge >= 0.3 is 0 Å². The number of rotatable bonds is 3. The lowest BCUT2D eigenvalue weighted by atomic mass is 10.1. The second kappa shape index (κ2) is 6.83. The molecule has 1 aliphatic rings. The number of hydrogen-bond acceptors (Lipinski definition) is 4. The Morgan fingerprint density at radius 1 is 1.43 bits per heavy atom. The van der Waals surface area contributed by atoms with Crippen LogP contribution in [0.4, 0.5) is 0 Å². The standard InChI is InChI=1S/C12H12BrCl2NO4S/c13-11-9(14)4-7(5-10(11)21(15,18)19)12(17)16-8-2-1-3-20-6-8/h4-5,8H,1-3,6H2,(H,16,17). The molecule has 0 bridgehead atoms. The van der Waals surface area contributed by atoms with Crippen LogP contribution < -0.4 is 5.32 Å². The van der Waals surface area contributed by atoms with E-state index in [9.17, 15) is 13.2 Å². The number of ether oxygens (including phenoxy) is 1. The van der Waals surface area contributed by atoms with Gasteiger partial charge in [0.05, 0.1) is 27.0 Å². The quantitative estimate of drug-likeness (QED) is 0.768. The average Bonchev–Trinajstić information content (AvgIpc) is 2.41. The van der Waals surface area contributed by atoms with Crippen LogP contribution in [-0.2, 0) is 13.8 Å². The summed E-state index contributed by atoms with van der Waals surface area (Å²) in [4.78, 5) is 11.9. The van der Waals surface area contributed by atoms with Crippen LogP contribution in [0, 0.1) is 0 Å². The van der Waals surface area contributed by atoms with Gasteiger partial charge in [0.25, 0.3) is 15.0 Å². The Bertz CT molecular complexity index is 659. The van der Waals surface area contributed by atoms with E-state index in [-0.39, 0.29) is 26.0 Å². The van der Waals surface area contributed by atoms with E-state index in [1.165, 1.54) is 12.1 Å². The van der Waals surface area contributed by atoms with Crippen molar-refractivity contribution in [3.63, 3.8) is 0 Å². The molecule has 1 saturated heterocycles. The van der Waals surface area contributed by atoms with E-state index in [1.807, 2.05) is 0 Å². The van der Waals surface area contributed by atoms with Crippen LogP contribution in [0.15, 0.2) is 21.5 Å². The Kier molecular flexibility index (Phi) is 5.54. The molecule has 0 aromatic heterocycles. The molecule has 1 fully saturated rings. The maximum absolute atomic E-state index is 12.2. The zero-order chi connectivity index (χ0) is 15.6. The highest BCUT2D eigenvalue weighted by Crippen LogP contribution is 2.33. The highest BCUT2D eigenvalue weighted by molar-refractivity contribution is 9.10. The van der Waals surface area contributed by atoms with Crippen LogP contribution in [0.3, 0.4) is 0 Å². The summed E-state index contributed by atoms with van der Waals surface area (Å²) < 4.78 is 28.4. The van der Waals surface area contributed by atoms with Gasteiger partial charge in [-0.25, -0.2) is 8.42 Å². The van der Waals surface area contributed by atoms with Crippen molar-refractivity contribution in [1.82, 2.24) is 5.32 Å². The third-order valence-corrected chi connectivity index (χ3v) is 6.00. The van der Waals surface area contributed by atoms with Gasteiger partial charge in [-0.3, -0.25) is 4.79 Å².